The summed E-state index contributed by atoms with van der Waals surface area (Å²) in [5.74, 6) is -0.143. The number of rotatable bonds is 3. The normalized spacial score (nSPS) is 19.8. The number of hydrogen-bond acceptors (Lipinski definition) is 3. The quantitative estimate of drug-likeness (QED) is 0.893. The van der Waals surface area contributed by atoms with Gasteiger partial charge >= 0.3 is 0 Å². The van der Waals surface area contributed by atoms with Crippen LogP contribution >= 0.6 is 0 Å². The first-order chi connectivity index (χ1) is 9.93. The number of nitrogens with two attached hydrogens (primary N) is 1. The van der Waals surface area contributed by atoms with E-state index in [0.29, 0.717) is 0 Å². The average Bonchev–Trinajstić information content (AvgIpc) is 3.23. The van der Waals surface area contributed by atoms with Crippen molar-refractivity contribution in [1.82, 2.24) is 4.90 Å². The third-order valence-corrected chi connectivity index (χ3v) is 4.45. The van der Waals surface area contributed by atoms with Crippen molar-refractivity contribution in [3.63, 3.8) is 0 Å². The molecule has 1 fully saturated rings. The molecule has 0 saturated heterocycles. The molecule has 1 amide bonds. The fourth-order valence-electron chi connectivity index (χ4n) is 2.92. The average molecular weight is 287 g/mol. The fourth-order valence-corrected chi connectivity index (χ4v) is 2.92. The van der Waals surface area contributed by atoms with Crippen molar-refractivity contribution in [1.29, 1.82) is 0 Å². The standard InChI is InChI=1S/C17H25N3O/c1-17(2,18)16(21)19-14-4-3-12-7-9-20(15-5-6-15)10-8-13(12)11-14/h3-4,11,15H,5-10,18H2,1-2H3,(H,19,21). The highest BCUT2D eigenvalue weighted by Gasteiger charge is 2.29. The number of amides is 1. The highest BCUT2D eigenvalue weighted by atomic mass is 16.2. The first-order valence-electron chi connectivity index (χ1n) is 7.90. The van der Waals surface area contributed by atoms with Crippen molar-refractivity contribution in [2.75, 3.05) is 18.4 Å². The van der Waals surface area contributed by atoms with Crippen LogP contribution in [0, 0.1) is 0 Å². The lowest BCUT2D eigenvalue weighted by atomic mass is 10.0. The fraction of sp³-hybridized carbons (Fsp3) is 0.588. The maximum atomic E-state index is 12.0. The predicted molar refractivity (Wildman–Crippen MR) is 85.3 cm³/mol. The van der Waals surface area contributed by atoms with Gasteiger partial charge in [0.1, 0.15) is 0 Å². The van der Waals surface area contributed by atoms with Crippen LogP contribution in [-0.2, 0) is 17.6 Å². The molecule has 0 atom stereocenters. The molecule has 3 N–H and O–H groups in total. The molecule has 1 saturated carbocycles. The molecular weight excluding hydrogens is 262 g/mol. The van der Waals surface area contributed by atoms with E-state index in [1.165, 1.54) is 30.5 Å². The molecule has 21 heavy (non-hydrogen) atoms. The number of fused-ring (bicyclic) bond motifs is 1. The largest absolute Gasteiger partial charge is 0.325 e. The van der Waals surface area contributed by atoms with Gasteiger partial charge in [0.2, 0.25) is 5.91 Å². The van der Waals surface area contributed by atoms with Gasteiger partial charge in [-0.1, -0.05) is 6.07 Å². The summed E-state index contributed by atoms with van der Waals surface area (Å²) in [7, 11) is 0. The second kappa shape index (κ2) is 5.43. The third-order valence-electron chi connectivity index (χ3n) is 4.45. The van der Waals surface area contributed by atoms with Crippen molar-refractivity contribution in [2.24, 2.45) is 5.73 Å². The maximum Gasteiger partial charge on any atom is 0.243 e. The Labute approximate surface area is 126 Å². The van der Waals surface area contributed by atoms with Crippen LogP contribution in [0.5, 0.6) is 0 Å². The van der Waals surface area contributed by atoms with E-state index in [1.807, 2.05) is 6.07 Å². The smallest absolute Gasteiger partial charge is 0.243 e. The zero-order valence-electron chi connectivity index (χ0n) is 13.0. The van der Waals surface area contributed by atoms with Gasteiger partial charge in [-0.2, -0.15) is 0 Å². The second-order valence-corrected chi connectivity index (χ2v) is 6.93. The van der Waals surface area contributed by atoms with E-state index in [1.54, 1.807) is 13.8 Å². The third kappa shape index (κ3) is 3.44. The Balaban J connectivity index is 1.71. The molecule has 2 aliphatic rings. The zero-order valence-corrected chi connectivity index (χ0v) is 13.0. The highest BCUT2D eigenvalue weighted by Crippen LogP contribution is 2.29. The van der Waals surface area contributed by atoms with E-state index in [9.17, 15) is 4.79 Å². The van der Waals surface area contributed by atoms with Gasteiger partial charge in [0.15, 0.2) is 0 Å². The summed E-state index contributed by atoms with van der Waals surface area (Å²) < 4.78 is 0. The van der Waals surface area contributed by atoms with Crippen LogP contribution in [0.15, 0.2) is 18.2 Å². The van der Waals surface area contributed by atoms with Crippen LogP contribution in [0.25, 0.3) is 0 Å². The highest BCUT2D eigenvalue weighted by molar-refractivity contribution is 5.97. The SMILES string of the molecule is CC(C)(N)C(=O)Nc1ccc2c(c1)CCN(C1CC1)CC2. The second-order valence-electron chi connectivity index (χ2n) is 6.93. The number of benzene rings is 1. The number of carbonyl (C=O) groups is 1. The van der Waals surface area contributed by atoms with Crippen LogP contribution in [0.2, 0.25) is 0 Å². The van der Waals surface area contributed by atoms with E-state index in [2.05, 4.69) is 22.3 Å². The summed E-state index contributed by atoms with van der Waals surface area (Å²) in [6, 6.07) is 7.10. The monoisotopic (exact) mass is 287 g/mol. The summed E-state index contributed by atoms with van der Waals surface area (Å²) in [6.07, 6.45) is 4.91. The number of carbonyl (C=O) groups excluding carboxylic acids is 1. The molecule has 1 heterocycles. The minimum Gasteiger partial charge on any atom is -0.325 e. The molecule has 0 bridgehead atoms. The zero-order chi connectivity index (χ0) is 15.0. The van der Waals surface area contributed by atoms with E-state index in [0.717, 1.165) is 31.1 Å². The Morgan fingerprint density at radius 3 is 2.52 bits per heavy atom. The Hall–Kier alpha value is -1.39. The number of hydrogen-bond donors (Lipinski definition) is 2. The van der Waals surface area contributed by atoms with Gasteiger partial charge in [0, 0.05) is 24.8 Å². The van der Waals surface area contributed by atoms with Crippen molar-refractivity contribution in [2.45, 2.75) is 51.1 Å². The first kappa shape index (κ1) is 14.5. The molecule has 4 nitrogen and oxygen atoms in total. The molecule has 1 aliphatic carbocycles. The van der Waals surface area contributed by atoms with Crippen LogP contribution in [0.1, 0.15) is 37.8 Å². The Morgan fingerprint density at radius 2 is 1.90 bits per heavy atom. The van der Waals surface area contributed by atoms with Gasteiger partial charge in [-0.25, -0.2) is 0 Å². The van der Waals surface area contributed by atoms with Crippen LogP contribution < -0.4 is 11.1 Å². The van der Waals surface area contributed by atoms with Gasteiger partial charge in [0.05, 0.1) is 5.54 Å². The lowest BCUT2D eigenvalue weighted by Crippen LogP contribution is -2.45. The Morgan fingerprint density at radius 1 is 1.24 bits per heavy atom. The molecule has 1 aromatic rings. The topological polar surface area (TPSA) is 58.4 Å². The van der Waals surface area contributed by atoms with Gasteiger partial charge in [0.25, 0.3) is 0 Å². The van der Waals surface area contributed by atoms with Crippen molar-refractivity contribution >= 4 is 11.6 Å². The van der Waals surface area contributed by atoms with E-state index >= 15 is 0 Å². The Kier molecular flexibility index (Phi) is 3.76. The maximum absolute atomic E-state index is 12.0. The molecule has 0 radical (unpaired) electrons. The van der Waals surface area contributed by atoms with Gasteiger partial charge in [-0.05, 0) is 62.8 Å². The molecule has 0 spiro atoms. The van der Waals surface area contributed by atoms with Gasteiger partial charge in [-0.3, -0.25) is 9.69 Å². The van der Waals surface area contributed by atoms with Crippen molar-refractivity contribution < 1.29 is 4.79 Å². The summed E-state index contributed by atoms with van der Waals surface area (Å²) in [4.78, 5) is 14.6. The molecule has 4 heteroatoms. The minimum absolute atomic E-state index is 0.143. The van der Waals surface area contributed by atoms with Crippen LogP contribution in [0.4, 0.5) is 5.69 Å². The van der Waals surface area contributed by atoms with E-state index in [-0.39, 0.29) is 5.91 Å². The number of nitrogens with zero attached hydrogens (tertiary/aromatic N) is 1. The van der Waals surface area contributed by atoms with Crippen molar-refractivity contribution in [3.05, 3.63) is 29.3 Å². The summed E-state index contributed by atoms with van der Waals surface area (Å²) in [5.41, 5.74) is 8.62. The predicted octanol–water partition coefficient (Wildman–Crippen LogP) is 1.93. The summed E-state index contributed by atoms with van der Waals surface area (Å²) >= 11 is 0. The minimum atomic E-state index is -0.852. The lowest BCUT2D eigenvalue weighted by molar-refractivity contribution is -0.120. The first-order valence-corrected chi connectivity index (χ1v) is 7.90. The molecular formula is C17H25N3O. The van der Waals surface area contributed by atoms with Crippen molar-refractivity contribution in [3.8, 4) is 0 Å². The molecule has 0 aromatic heterocycles. The molecule has 114 valence electrons. The van der Waals surface area contributed by atoms with Gasteiger partial charge in [-0.15, -0.1) is 0 Å². The van der Waals surface area contributed by atoms with Crippen LogP contribution in [-0.4, -0.2) is 35.5 Å². The molecule has 1 aromatic carbocycles. The molecule has 0 unspecified atom stereocenters. The van der Waals surface area contributed by atoms with E-state index < -0.39 is 5.54 Å². The van der Waals surface area contributed by atoms with Gasteiger partial charge < -0.3 is 11.1 Å². The summed E-state index contributed by atoms with van der Waals surface area (Å²) in [5, 5.41) is 2.92. The summed E-state index contributed by atoms with van der Waals surface area (Å²) in [6.45, 7) is 5.75. The number of anilines is 1. The molecule has 3 rings (SSSR count). The number of nitrogens with one attached hydrogen (secondary N) is 1. The van der Waals surface area contributed by atoms with Crippen LogP contribution in [0.3, 0.4) is 0 Å². The Bertz CT molecular complexity index is 543. The molecule has 1 aliphatic heterocycles. The lowest BCUT2D eigenvalue weighted by Gasteiger charge is -2.18. The van der Waals surface area contributed by atoms with E-state index in [4.69, 9.17) is 5.73 Å².